The summed E-state index contributed by atoms with van der Waals surface area (Å²) in [5.41, 5.74) is 9.73. The van der Waals surface area contributed by atoms with Crippen molar-refractivity contribution < 1.29 is 0 Å². The molecule has 1 aliphatic heterocycles. The molecule has 0 spiro atoms. The van der Waals surface area contributed by atoms with E-state index >= 15 is 0 Å². The van der Waals surface area contributed by atoms with Crippen LogP contribution in [-0.2, 0) is 26.1 Å². The Labute approximate surface area is 97.4 Å². The van der Waals surface area contributed by atoms with E-state index in [9.17, 15) is 0 Å². The molecule has 2 rings (SSSR count). The van der Waals surface area contributed by atoms with Crippen LogP contribution in [0.4, 0.5) is 0 Å². The lowest BCUT2D eigenvalue weighted by Crippen LogP contribution is -2.26. The minimum Gasteiger partial charge on any atom is -0.325 e. The normalized spacial score (nSPS) is 16.8. The molecule has 90 valence electrons. The fourth-order valence-electron chi connectivity index (χ4n) is 2.34. The fourth-order valence-corrected chi connectivity index (χ4v) is 2.34. The van der Waals surface area contributed by atoms with Crippen LogP contribution in [-0.4, -0.2) is 28.3 Å². The fraction of sp³-hybridized carbons (Fsp3) is 0.750. The number of hydrogen-bond donors (Lipinski definition) is 1. The number of nitrogens with zero attached hydrogens (tertiary/aromatic N) is 3. The number of aromatic nitrogens is 2. The number of nitrogens with two attached hydrogens (primary N) is 1. The highest BCUT2D eigenvalue weighted by Crippen LogP contribution is 2.21. The third-order valence-corrected chi connectivity index (χ3v) is 3.14. The van der Waals surface area contributed by atoms with Crippen LogP contribution in [0.2, 0.25) is 0 Å². The summed E-state index contributed by atoms with van der Waals surface area (Å²) in [6.07, 6.45) is 1.06. The summed E-state index contributed by atoms with van der Waals surface area (Å²) in [6, 6.07) is 0. The van der Waals surface area contributed by atoms with Crippen LogP contribution in [0.15, 0.2) is 0 Å². The van der Waals surface area contributed by atoms with Crippen molar-refractivity contribution in [3.05, 3.63) is 17.0 Å². The predicted molar refractivity (Wildman–Crippen MR) is 65.0 cm³/mol. The third-order valence-electron chi connectivity index (χ3n) is 3.14. The van der Waals surface area contributed by atoms with Gasteiger partial charge in [-0.25, -0.2) is 0 Å². The van der Waals surface area contributed by atoms with E-state index in [2.05, 4.69) is 30.5 Å². The molecule has 2 N–H and O–H groups in total. The lowest BCUT2D eigenvalue weighted by atomic mass is 10.1. The molecule has 0 unspecified atom stereocenters. The summed E-state index contributed by atoms with van der Waals surface area (Å²) in [4.78, 5) is 2.34. The first kappa shape index (κ1) is 11.6. The second-order valence-corrected chi connectivity index (χ2v) is 5.14. The first-order valence-corrected chi connectivity index (χ1v) is 6.07. The molecule has 0 saturated carbocycles. The van der Waals surface area contributed by atoms with Gasteiger partial charge in [-0.2, -0.15) is 5.10 Å². The molecule has 1 aromatic rings. The summed E-state index contributed by atoms with van der Waals surface area (Å²) >= 11 is 0. The molecule has 0 radical (unpaired) electrons. The van der Waals surface area contributed by atoms with Gasteiger partial charge in [-0.05, 0) is 13.0 Å². The zero-order chi connectivity index (χ0) is 11.7. The average molecular weight is 222 g/mol. The molecule has 0 bridgehead atoms. The molecule has 0 atom stereocenters. The maximum absolute atomic E-state index is 5.86. The minimum atomic E-state index is 0.600. The molecule has 16 heavy (non-hydrogen) atoms. The summed E-state index contributed by atoms with van der Waals surface area (Å²) in [5.74, 6) is 0.615. The van der Waals surface area contributed by atoms with Crippen molar-refractivity contribution in [2.75, 3.05) is 13.6 Å². The molecule has 1 aliphatic rings. The van der Waals surface area contributed by atoms with Gasteiger partial charge in [0.1, 0.15) is 0 Å². The average Bonchev–Trinajstić information content (AvgIpc) is 2.53. The van der Waals surface area contributed by atoms with E-state index in [1.807, 2.05) is 0 Å². The maximum Gasteiger partial charge on any atom is 0.0685 e. The largest absolute Gasteiger partial charge is 0.325 e. The SMILES string of the molecule is CC(C)Cn1nc2c(c1CN)CN(C)CC2. The van der Waals surface area contributed by atoms with Crippen molar-refractivity contribution in [1.29, 1.82) is 0 Å². The Morgan fingerprint density at radius 3 is 2.81 bits per heavy atom. The van der Waals surface area contributed by atoms with Gasteiger partial charge in [0, 0.05) is 38.2 Å². The van der Waals surface area contributed by atoms with E-state index in [-0.39, 0.29) is 0 Å². The molecule has 0 aliphatic carbocycles. The standard InChI is InChI=1S/C12H22N4/c1-9(2)7-16-12(6-13)10-8-15(3)5-4-11(10)14-16/h9H,4-8,13H2,1-3H3. The highest BCUT2D eigenvalue weighted by Gasteiger charge is 2.22. The number of rotatable bonds is 3. The Morgan fingerprint density at radius 1 is 1.44 bits per heavy atom. The van der Waals surface area contributed by atoms with E-state index < -0.39 is 0 Å². The van der Waals surface area contributed by atoms with Gasteiger partial charge in [0.25, 0.3) is 0 Å². The van der Waals surface area contributed by atoms with Crippen LogP contribution in [0.25, 0.3) is 0 Å². The number of fused-ring (bicyclic) bond motifs is 1. The highest BCUT2D eigenvalue weighted by atomic mass is 15.3. The van der Waals surface area contributed by atoms with E-state index in [1.165, 1.54) is 17.0 Å². The molecule has 1 aromatic heterocycles. The van der Waals surface area contributed by atoms with Gasteiger partial charge in [0.2, 0.25) is 0 Å². The monoisotopic (exact) mass is 222 g/mol. The molecule has 0 aromatic carbocycles. The molecule has 0 saturated heterocycles. The zero-order valence-corrected chi connectivity index (χ0v) is 10.5. The Kier molecular flexibility index (Phi) is 3.30. The van der Waals surface area contributed by atoms with Gasteiger partial charge in [0.05, 0.1) is 11.4 Å². The van der Waals surface area contributed by atoms with E-state index in [4.69, 9.17) is 10.8 Å². The summed E-state index contributed by atoms with van der Waals surface area (Å²) < 4.78 is 2.12. The van der Waals surface area contributed by atoms with Crippen LogP contribution >= 0.6 is 0 Å². The smallest absolute Gasteiger partial charge is 0.0685 e. The van der Waals surface area contributed by atoms with E-state index in [0.717, 1.165) is 26.1 Å². The van der Waals surface area contributed by atoms with Gasteiger partial charge in [-0.15, -0.1) is 0 Å². The molecular formula is C12H22N4. The summed E-state index contributed by atoms with van der Waals surface area (Å²) in [6.45, 7) is 8.11. The maximum atomic E-state index is 5.86. The quantitative estimate of drug-likeness (QED) is 0.829. The summed E-state index contributed by atoms with van der Waals surface area (Å²) in [5, 5.41) is 4.71. The topological polar surface area (TPSA) is 47.1 Å². The third kappa shape index (κ3) is 2.13. The number of likely N-dealkylation sites (N-methyl/N-ethyl adjacent to an activating group) is 1. The molecule has 0 fully saturated rings. The first-order chi connectivity index (χ1) is 7.61. The Balaban J connectivity index is 2.33. The van der Waals surface area contributed by atoms with Crippen LogP contribution in [0.5, 0.6) is 0 Å². The predicted octanol–water partition coefficient (Wildman–Crippen LogP) is 0.986. The Morgan fingerprint density at radius 2 is 2.19 bits per heavy atom. The lowest BCUT2D eigenvalue weighted by Gasteiger charge is -2.21. The van der Waals surface area contributed by atoms with Gasteiger partial charge >= 0.3 is 0 Å². The molecular weight excluding hydrogens is 200 g/mol. The van der Waals surface area contributed by atoms with Crippen molar-refractivity contribution in [3.8, 4) is 0 Å². The molecule has 4 nitrogen and oxygen atoms in total. The van der Waals surface area contributed by atoms with Crippen molar-refractivity contribution in [2.24, 2.45) is 11.7 Å². The van der Waals surface area contributed by atoms with Crippen LogP contribution in [0, 0.1) is 5.92 Å². The second-order valence-electron chi connectivity index (χ2n) is 5.14. The first-order valence-electron chi connectivity index (χ1n) is 6.07. The van der Waals surface area contributed by atoms with Crippen LogP contribution in [0.1, 0.15) is 30.8 Å². The van der Waals surface area contributed by atoms with Gasteiger partial charge in [0.15, 0.2) is 0 Å². The molecule has 0 amide bonds. The lowest BCUT2D eigenvalue weighted by molar-refractivity contribution is 0.310. The molecule has 2 heterocycles. The number of hydrogen-bond acceptors (Lipinski definition) is 3. The van der Waals surface area contributed by atoms with Gasteiger partial charge in [-0.3, -0.25) is 4.68 Å². The Bertz CT molecular complexity index is 367. The van der Waals surface area contributed by atoms with Crippen molar-refractivity contribution in [2.45, 2.75) is 39.9 Å². The minimum absolute atomic E-state index is 0.600. The van der Waals surface area contributed by atoms with Crippen LogP contribution < -0.4 is 5.73 Å². The van der Waals surface area contributed by atoms with Crippen molar-refractivity contribution in [1.82, 2.24) is 14.7 Å². The Hall–Kier alpha value is -0.870. The second kappa shape index (κ2) is 4.55. The molecule has 4 heteroatoms. The summed E-state index contributed by atoms with van der Waals surface area (Å²) in [7, 11) is 2.16. The van der Waals surface area contributed by atoms with E-state index in [1.54, 1.807) is 0 Å². The highest BCUT2D eigenvalue weighted by molar-refractivity contribution is 5.28. The van der Waals surface area contributed by atoms with Gasteiger partial charge in [-0.1, -0.05) is 13.8 Å². The van der Waals surface area contributed by atoms with Gasteiger partial charge < -0.3 is 10.6 Å². The van der Waals surface area contributed by atoms with E-state index in [0.29, 0.717) is 12.5 Å². The van der Waals surface area contributed by atoms with Crippen LogP contribution in [0.3, 0.4) is 0 Å². The van der Waals surface area contributed by atoms with Crippen molar-refractivity contribution >= 4 is 0 Å². The van der Waals surface area contributed by atoms with Crippen molar-refractivity contribution in [3.63, 3.8) is 0 Å². The zero-order valence-electron chi connectivity index (χ0n) is 10.5.